The summed E-state index contributed by atoms with van der Waals surface area (Å²) in [5.41, 5.74) is 2.24. The van der Waals surface area contributed by atoms with Crippen LogP contribution in [0, 0.1) is 0 Å². The van der Waals surface area contributed by atoms with Gasteiger partial charge in [-0.25, -0.2) is 4.79 Å². The van der Waals surface area contributed by atoms with Crippen molar-refractivity contribution in [3.05, 3.63) is 101 Å². The molecular weight excluding hydrogens is 462 g/mol. The van der Waals surface area contributed by atoms with E-state index in [1.54, 1.807) is 49.4 Å². The molecule has 0 aliphatic carbocycles. The highest BCUT2D eigenvalue weighted by Gasteiger charge is 2.35. The van der Waals surface area contributed by atoms with Gasteiger partial charge in [0.25, 0.3) is 17.7 Å². The minimum absolute atomic E-state index is 0.00310. The molecule has 0 bridgehead atoms. The molecule has 5 rings (SSSR count). The first-order valence-electron chi connectivity index (χ1n) is 11.3. The van der Waals surface area contributed by atoms with E-state index in [4.69, 9.17) is 14.0 Å². The topological polar surface area (TPSA) is 112 Å². The van der Waals surface area contributed by atoms with Gasteiger partial charge in [0.15, 0.2) is 6.61 Å². The lowest BCUT2D eigenvalue weighted by Crippen LogP contribution is -2.29. The molecule has 0 unspecified atom stereocenters. The van der Waals surface area contributed by atoms with Crippen molar-refractivity contribution in [1.82, 2.24) is 15.0 Å². The fourth-order valence-corrected chi connectivity index (χ4v) is 3.90. The molecule has 0 spiro atoms. The zero-order valence-corrected chi connectivity index (χ0v) is 19.3. The summed E-state index contributed by atoms with van der Waals surface area (Å²) in [4.78, 5) is 43.8. The van der Waals surface area contributed by atoms with Crippen LogP contribution in [0.25, 0.3) is 11.4 Å². The largest absolute Gasteiger partial charge is 0.493 e. The van der Waals surface area contributed by atoms with Gasteiger partial charge in [-0.15, -0.1) is 0 Å². The number of carbonyl (C=O) groups excluding carboxylic acids is 3. The molecule has 2 amide bonds. The zero-order chi connectivity index (χ0) is 25.1. The first-order chi connectivity index (χ1) is 17.5. The Morgan fingerprint density at radius 2 is 1.64 bits per heavy atom. The molecule has 0 saturated heterocycles. The minimum Gasteiger partial charge on any atom is -0.493 e. The third-order valence-corrected chi connectivity index (χ3v) is 5.61. The number of carbonyl (C=O) groups is 3. The van der Waals surface area contributed by atoms with E-state index in [2.05, 4.69) is 10.1 Å². The molecule has 36 heavy (non-hydrogen) atoms. The maximum Gasteiger partial charge on any atom is 0.342 e. The summed E-state index contributed by atoms with van der Waals surface area (Å²) in [6.07, 6.45) is 0. The lowest BCUT2D eigenvalue weighted by molar-refractivity contribution is 0.0425. The van der Waals surface area contributed by atoms with E-state index in [1.165, 1.54) is 0 Å². The fraction of sp³-hybridized carbons (Fsp3) is 0.148. The fourth-order valence-electron chi connectivity index (χ4n) is 3.90. The summed E-state index contributed by atoms with van der Waals surface area (Å²) in [7, 11) is 0. The third kappa shape index (κ3) is 4.46. The molecule has 9 heteroatoms. The van der Waals surface area contributed by atoms with Crippen LogP contribution in [0.5, 0.6) is 5.75 Å². The highest BCUT2D eigenvalue weighted by Crippen LogP contribution is 2.27. The van der Waals surface area contributed by atoms with Crippen LogP contribution in [0.4, 0.5) is 0 Å². The summed E-state index contributed by atoms with van der Waals surface area (Å²) in [6.45, 7) is 1.91. The number of ether oxygens (including phenoxy) is 2. The van der Waals surface area contributed by atoms with Crippen molar-refractivity contribution in [2.45, 2.75) is 20.1 Å². The third-order valence-electron chi connectivity index (χ3n) is 5.61. The monoisotopic (exact) mass is 483 g/mol. The zero-order valence-electron chi connectivity index (χ0n) is 19.3. The number of hydrogen-bond acceptors (Lipinski definition) is 8. The number of fused-ring (bicyclic) bond motifs is 1. The van der Waals surface area contributed by atoms with Gasteiger partial charge >= 0.3 is 5.97 Å². The van der Waals surface area contributed by atoms with Gasteiger partial charge < -0.3 is 14.0 Å². The highest BCUT2D eigenvalue weighted by atomic mass is 16.6. The summed E-state index contributed by atoms with van der Waals surface area (Å²) in [5.74, 6) is -0.563. The van der Waals surface area contributed by atoms with Gasteiger partial charge in [0, 0.05) is 5.56 Å². The Bertz CT molecular complexity index is 1410. The number of benzene rings is 3. The van der Waals surface area contributed by atoms with Gasteiger partial charge in [0.2, 0.25) is 5.82 Å². The number of imide groups is 1. The Balaban J connectivity index is 1.32. The van der Waals surface area contributed by atoms with Gasteiger partial charge in [-0.05, 0) is 36.8 Å². The molecule has 0 saturated carbocycles. The van der Waals surface area contributed by atoms with E-state index in [1.807, 2.05) is 30.3 Å². The molecular formula is C27H21N3O6. The molecule has 4 aromatic rings. The molecule has 0 N–H and O–H groups in total. The van der Waals surface area contributed by atoms with Crippen LogP contribution in [0.1, 0.15) is 49.5 Å². The summed E-state index contributed by atoms with van der Waals surface area (Å²) < 4.78 is 16.2. The molecule has 9 nitrogen and oxygen atoms in total. The number of esters is 1. The standard InChI is InChI=1S/C27H21N3O6/c1-2-34-22-13-12-17(15-30-25(31)19-10-6-7-11-20(19)26(30)32)14-21(22)27(33)35-16-23-28-24(29-36-23)18-8-4-3-5-9-18/h3-14H,2,15-16H2,1H3. The van der Waals surface area contributed by atoms with Crippen molar-refractivity contribution in [3.63, 3.8) is 0 Å². The smallest absolute Gasteiger partial charge is 0.342 e. The summed E-state index contributed by atoms with van der Waals surface area (Å²) in [6, 6.07) is 20.8. The van der Waals surface area contributed by atoms with Crippen LogP contribution < -0.4 is 4.74 Å². The summed E-state index contributed by atoms with van der Waals surface area (Å²) in [5, 5.41) is 3.92. The molecule has 0 radical (unpaired) electrons. The number of amides is 2. The molecule has 3 aromatic carbocycles. The van der Waals surface area contributed by atoms with Gasteiger partial charge in [0.1, 0.15) is 11.3 Å². The molecule has 180 valence electrons. The lowest BCUT2D eigenvalue weighted by atomic mass is 10.1. The van der Waals surface area contributed by atoms with Gasteiger partial charge in [-0.2, -0.15) is 4.98 Å². The van der Waals surface area contributed by atoms with Crippen molar-refractivity contribution < 1.29 is 28.4 Å². The van der Waals surface area contributed by atoms with E-state index in [9.17, 15) is 14.4 Å². The van der Waals surface area contributed by atoms with Crippen molar-refractivity contribution >= 4 is 17.8 Å². The first-order valence-corrected chi connectivity index (χ1v) is 11.3. The molecule has 1 aliphatic rings. The second kappa shape index (κ2) is 9.83. The normalized spacial score (nSPS) is 12.5. The lowest BCUT2D eigenvalue weighted by Gasteiger charge is -2.16. The molecule has 0 fully saturated rings. The predicted octanol–water partition coefficient (Wildman–Crippen LogP) is 4.29. The van der Waals surface area contributed by atoms with Gasteiger partial charge in [-0.3, -0.25) is 14.5 Å². The van der Waals surface area contributed by atoms with Crippen LogP contribution in [0.3, 0.4) is 0 Å². The van der Waals surface area contributed by atoms with E-state index in [-0.39, 0.29) is 36.4 Å². The number of rotatable bonds is 8. The Morgan fingerprint density at radius 1 is 0.944 bits per heavy atom. The van der Waals surface area contributed by atoms with Crippen LogP contribution in [0.15, 0.2) is 77.3 Å². The van der Waals surface area contributed by atoms with Crippen molar-refractivity contribution in [3.8, 4) is 17.1 Å². The quantitative estimate of drug-likeness (QED) is 0.270. The second-order valence-corrected chi connectivity index (χ2v) is 7.96. The van der Waals surface area contributed by atoms with E-state index in [0.29, 0.717) is 34.9 Å². The number of aromatic nitrogens is 2. The van der Waals surface area contributed by atoms with Crippen LogP contribution >= 0.6 is 0 Å². The Labute approximate surface area is 206 Å². The number of nitrogens with zero attached hydrogens (tertiary/aromatic N) is 3. The maximum atomic E-state index is 12.9. The number of hydrogen-bond donors (Lipinski definition) is 0. The van der Waals surface area contributed by atoms with Gasteiger partial charge in [-0.1, -0.05) is 53.7 Å². The van der Waals surface area contributed by atoms with Crippen LogP contribution in [0.2, 0.25) is 0 Å². The minimum atomic E-state index is -0.665. The first kappa shape index (κ1) is 23.0. The van der Waals surface area contributed by atoms with Gasteiger partial charge in [0.05, 0.1) is 24.3 Å². The van der Waals surface area contributed by atoms with Crippen LogP contribution in [-0.2, 0) is 17.9 Å². The average molecular weight is 483 g/mol. The second-order valence-electron chi connectivity index (χ2n) is 7.96. The van der Waals surface area contributed by atoms with Crippen molar-refractivity contribution in [2.24, 2.45) is 0 Å². The molecule has 0 atom stereocenters. The molecule has 1 aromatic heterocycles. The van der Waals surface area contributed by atoms with Crippen molar-refractivity contribution in [1.29, 1.82) is 0 Å². The maximum absolute atomic E-state index is 12.9. The van der Waals surface area contributed by atoms with Crippen molar-refractivity contribution in [2.75, 3.05) is 6.61 Å². The SMILES string of the molecule is CCOc1ccc(CN2C(=O)c3ccccc3C2=O)cc1C(=O)OCc1nc(-c2ccccc2)no1. The Morgan fingerprint density at radius 3 is 2.33 bits per heavy atom. The van der Waals surface area contributed by atoms with E-state index < -0.39 is 5.97 Å². The Kier molecular flexibility index (Phi) is 6.27. The highest BCUT2D eigenvalue weighted by molar-refractivity contribution is 6.21. The average Bonchev–Trinajstić information content (AvgIpc) is 3.48. The van der Waals surface area contributed by atoms with E-state index >= 15 is 0 Å². The molecule has 2 heterocycles. The molecule has 1 aliphatic heterocycles. The van der Waals surface area contributed by atoms with E-state index in [0.717, 1.165) is 10.5 Å². The Hall–Kier alpha value is -4.79. The predicted molar refractivity (Wildman–Crippen MR) is 127 cm³/mol. The van der Waals surface area contributed by atoms with Crippen LogP contribution in [-0.4, -0.2) is 39.4 Å². The summed E-state index contributed by atoms with van der Waals surface area (Å²) >= 11 is 0.